The Morgan fingerprint density at radius 2 is 2.05 bits per heavy atom. The number of aromatic nitrogens is 2. The molecule has 6 heteroatoms. The van der Waals surface area contributed by atoms with E-state index in [2.05, 4.69) is 4.98 Å². The molecule has 112 valence electrons. The first kappa shape index (κ1) is 15.5. The minimum absolute atomic E-state index is 0.0611. The van der Waals surface area contributed by atoms with E-state index in [1.807, 2.05) is 0 Å². The molecule has 0 bridgehead atoms. The van der Waals surface area contributed by atoms with Crippen LogP contribution in [-0.2, 0) is 6.42 Å². The highest BCUT2D eigenvalue weighted by Crippen LogP contribution is 2.18. The molecule has 2 aromatic rings. The van der Waals surface area contributed by atoms with Crippen molar-refractivity contribution < 1.29 is 4.39 Å². The smallest absolute Gasteiger partial charge is 0.297 e. The average Bonchev–Trinajstić information content (AvgIpc) is 2.41. The Labute approximate surface area is 126 Å². The SMILES string of the molecule is CCc1c(Cl)[nH]c(=O)n(C(C)c2ccc(C)c(F)c2)c1=O. The number of hydrogen-bond acceptors (Lipinski definition) is 2. The molecule has 1 heterocycles. The maximum absolute atomic E-state index is 13.7. The summed E-state index contributed by atoms with van der Waals surface area (Å²) in [7, 11) is 0. The number of halogens is 2. The van der Waals surface area contributed by atoms with Crippen molar-refractivity contribution in [2.45, 2.75) is 33.2 Å². The summed E-state index contributed by atoms with van der Waals surface area (Å²) in [4.78, 5) is 26.9. The van der Waals surface area contributed by atoms with Crippen molar-refractivity contribution in [1.29, 1.82) is 0 Å². The summed E-state index contributed by atoms with van der Waals surface area (Å²) in [6.07, 6.45) is 0.406. The highest BCUT2D eigenvalue weighted by Gasteiger charge is 2.18. The van der Waals surface area contributed by atoms with Crippen molar-refractivity contribution in [3.8, 4) is 0 Å². The fourth-order valence-electron chi connectivity index (χ4n) is 2.24. The second-order valence-electron chi connectivity index (χ2n) is 4.94. The number of hydrogen-bond donors (Lipinski definition) is 1. The number of rotatable bonds is 3. The summed E-state index contributed by atoms with van der Waals surface area (Å²) in [6.45, 7) is 5.11. The lowest BCUT2D eigenvalue weighted by Gasteiger charge is -2.16. The Bertz CT molecular complexity index is 795. The summed E-state index contributed by atoms with van der Waals surface area (Å²) in [6, 6.07) is 4.08. The third-order valence-electron chi connectivity index (χ3n) is 3.60. The van der Waals surface area contributed by atoms with Gasteiger partial charge in [-0.1, -0.05) is 30.7 Å². The number of H-pyrrole nitrogens is 1. The molecule has 0 aliphatic rings. The minimum Gasteiger partial charge on any atom is -0.297 e. The van der Waals surface area contributed by atoms with Crippen molar-refractivity contribution >= 4 is 11.6 Å². The maximum Gasteiger partial charge on any atom is 0.330 e. The van der Waals surface area contributed by atoms with E-state index in [4.69, 9.17) is 11.6 Å². The Kier molecular flexibility index (Phi) is 4.32. The number of nitrogens with one attached hydrogen (secondary N) is 1. The standard InChI is InChI=1S/C15H16ClFN2O2/c1-4-11-13(16)18-15(21)19(14(11)20)9(3)10-6-5-8(2)12(17)7-10/h5-7,9H,4H2,1-3H3,(H,18,21). The van der Waals surface area contributed by atoms with Crippen molar-refractivity contribution in [2.75, 3.05) is 0 Å². The quantitative estimate of drug-likeness (QED) is 0.886. The largest absolute Gasteiger partial charge is 0.330 e. The highest BCUT2D eigenvalue weighted by atomic mass is 35.5. The van der Waals surface area contributed by atoms with E-state index in [-0.39, 0.29) is 11.0 Å². The third-order valence-corrected chi connectivity index (χ3v) is 3.92. The summed E-state index contributed by atoms with van der Waals surface area (Å²) in [5.74, 6) is -0.367. The molecule has 0 saturated heterocycles. The van der Waals surface area contributed by atoms with Crippen LogP contribution in [0.3, 0.4) is 0 Å². The average molecular weight is 311 g/mol. The van der Waals surface area contributed by atoms with Gasteiger partial charge in [0.2, 0.25) is 0 Å². The number of aryl methyl sites for hydroxylation is 1. The lowest BCUT2D eigenvalue weighted by atomic mass is 10.1. The number of nitrogens with zero attached hydrogens (tertiary/aromatic N) is 1. The molecule has 21 heavy (non-hydrogen) atoms. The van der Waals surface area contributed by atoms with Crippen LogP contribution in [-0.4, -0.2) is 9.55 Å². The lowest BCUT2D eigenvalue weighted by Crippen LogP contribution is -2.39. The van der Waals surface area contributed by atoms with Crippen molar-refractivity contribution in [3.63, 3.8) is 0 Å². The molecule has 0 saturated carbocycles. The van der Waals surface area contributed by atoms with Gasteiger partial charge in [-0.05, 0) is 37.5 Å². The summed E-state index contributed by atoms with van der Waals surface area (Å²) in [5.41, 5.74) is 0.360. The molecule has 0 aliphatic heterocycles. The van der Waals surface area contributed by atoms with Crippen LogP contribution in [0.5, 0.6) is 0 Å². The van der Waals surface area contributed by atoms with E-state index < -0.39 is 17.3 Å². The molecule has 2 rings (SSSR count). The summed E-state index contributed by atoms with van der Waals surface area (Å²) in [5, 5.41) is 0.0611. The third kappa shape index (κ3) is 2.78. The molecule has 1 N–H and O–H groups in total. The minimum atomic E-state index is -0.601. The molecular weight excluding hydrogens is 295 g/mol. The van der Waals surface area contributed by atoms with Crippen LogP contribution in [0.15, 0.2) is 27.8 Å². The van der Waals surface area contributed by atoms with Crippen LogP contribution < -0.4 is 11.2 Å². The first-order valence-corrected chi connectivity index (χ1v) is 7.03. The second-order valence-corrected chi connectivity index (χ2v) is 5.31. The fourth-order valence-corrected chi connectivity index (χ4v) is 2.53. The normalized spacial score (nSPS) is 12.4. The van der Waals surface area contributed by atoms with Gasteiger partial charge < -0.3 is 0 Å². The zero-order valence-corrected chi connectivity index (χ0v) is 12.8. The Morgan fingerprint density at radius 1 is 1.38 bits per heavy atom. The monoisotopic (exact) mass is 310 g/mol. The molecule has 1 unspecified atom stereocenters. The second kappa shape index (κ2) is 5.85. The van der Waals surface area contributed by atoms with Gasteiger partial charge in [0.15, 0.2) is 0 Å². The van der Waals surface area contributed by atoms with Gasteiger partial charge in [-0.2, -0.15) is 0 Å². The van der Waals surface area contributed by atoms with Gasteiger partial charge in [-0.3, -0.25) is 14.3 Å². The van der Waals surface area contributed by atoms with Gasteiger partial charge in [-0.25, -0.2) is 9.18 Å². The van der Waals surface area contributed by atoms with Crippen molar-refractivity contribution in [1.82, 2.24) is 9.55 Å². The summed E-state index contributed by atoms with van der Waals surface area (Å²) >= 11 is 5.87. The predicted octanol–water partition coefficient (Wildman–Crippen LogP) is 2.81. The first-order chi connectivity index (χ1) is 9.86. The molecule has 1 atom stereocenters. The van der Waals surface area contributed by atoms with Crippen LogP contribution in [0.25, 0.3) is 0 Å². The van der Waals surface area contributed by atoms with Gasteiger partial charge in [0.25, 0.3) is 5.56 Å². The molecule has 0 amide bonds. The fraction of sp³-hybridized carbons (Fsp3) is 0.333. The van der Waals surface area contributed by atoms with E-state index >= 15 is 0 Å². The molecule has 0 spiro atoms. The molecule has 0 aliphatic carbocycles. The van der Waals surface area contributed by atoms with Crippen molar-refractivity contribution in [2.24, 2.45) is 0 Å². The highest BCUT2D eigenvalue weighted by molar-refractivity contribution is 6.30. The molecule has 4 nitrogen and oxygen atoms in total. The molecule has 1 aromatic carbocycles. The predicted molar refractivity (Wildman–Crippen MR) is 80.7 cm³/mol. The first-order valence-electron chi connectivity index (χ1n) is 6.66. The van der Waals surface area contributed by atoms with Gasteiger partial charge in [0.1, 0.15) is 11.0 Å². The van der Waals surface area contributed by atoms with E-state index in [0.29, 0.717) is 23.1 Å². The Hall–Kier alpha value is -1.88. The van der Waals surface area contributed by atoms with E-state index in [1.54, 1.807) is 32.9 Å². The molecule has 0 radical (unpaired) electrons. The van der Waals surface area contributed by atoms with Gasteiger partial charge in [0.05, 0.1) is 11.6 Å². The van der Waals surface area contributed by atoms with Crippen LogP contribution in [0, 0.1) is 12.7 Å². The Balaban J connectivity index is 2.63. The van der Waals surface area contributed by atoms with Crippen LogP contribution in [0.1, 0.15) is 36.6 Å². The number of aromatic amines is 1. The molecule has 1 aromatic heterocycles. The molecule has 0 fully saturated rings. The van der Waals surface area contributed by atoms with Crippen LogP contribution in [0.2, 0.25) is 5.15 Å². The van der Waals surface area contributed by atoms with Crippen molar-refractivity contribution in [3.05, 3.63) is 66.7 Å². The lowest BCUT2D eigenvalue weighted by molar-refractivity contribution is 0.561. The summed E-state index contributed by atoms with van der Waals surface area (Å²) < 4.78 is 14.7. The molecular formula is C15H16ClFN2O2. The van der Waals surface area contributed by atoms with E-state index in [0.717, 1.165) is 4.57 Å². The Morgan fingerprint density at radius 3 is 2.62 bits per heavy atom. The number of benzene rings is 1. The maximum atomic E-state index is 13.7. The van der Waals surface area contributed by atoms with Gasteiger partial charge in [-0.15, -0.1) is 0 Å². The van der Waals surface area contributed by atoms with Crippen LogP contribution in [0.4, 0.5) is 4.39 Å². The zero-order chi connectivity index (χ0) is 15.7. The van der Waals surface area contributed by atoms with Gasteiger partial charge in [0, 0.05) is 0 Å². The van der Waals surface area contributed by atoms with Crippen LogP contribution >= 0.6 is 11.6 Å². The van der Waals surface area contributed by atoms with Gasteiger partial charge >= 0.3 is 5.69 Å². The van der Waals surface area contributed by atoms with E-state index in [1.165, 1.54) is 6.07 Å². The van der Waals surface area contributed by atoms with E-state index in [9.17, 15) is 14.0 Å². The topological polar surface area (TPSA) is 54.9 Å². The zero-order valence-electron chi connectivity index (χ0n) is 12.0.